The molecule has 0 aliphatic heterocycles. The lowest BCUT2D eigenvalue weighted by Gasteiger charge is -2.13. The Kier molecular flexibility index (Phi) is 5.30. The van der Waals surface area contributed by atoms with Gasteiger partial charge < -0.3 is 0 Å². The first-order valence-corrected chi connectivity index (χ1v) is 12.7. The van der Waals surface area contributed by atoms with Crippen molar-refractivity contribution in [3.05, 3.63) is 133 Å². The molecular formula is C34H24N4. The van der Waals surface area contributed by atoms with Gasteiger partial charge in [-0.05, 0) is 18.6 Å². The number of nitrogens with zero attached hydrogens (tertiary/aromatic N) is 4. The second kappa shape index (κ2) is 9.09. The summed E-state index contributed by atoms with van der Waals surface area (Å²) in [6.45, 7) is 2.11. The van der Waals surface area contributed by atoms with E-state index in [4.69, 9.17) is 15.0 Å². The standard InChI is InChI=1S/C34H24N4/c1-23-19-21-24(22-20-23)27-16-10-17-29-28-15-8-9-18-30(28)38(31(27)29)34-36-32(25-11-4-2-5-12-25)35-33(37-34)26-13-6-3-7-14-26/h2-22H,1H3. The van der Waals surface area contributed by atoms with Crippen molar-refractivity contribution in [1.82, 2.24) is 19.5 Å². The molecule has 0 aliphatic carbocycles. The van der Waals surface area contributed by atoms with Gasteiger partial charge >= 0.3 is 0 Å². The number of aryl methyl sites for hydroxylation is 1. The number of hydrogen-bond acceptors (Lipinski definition) is 3. The number of benzene rings is 5. The maximum absolute atomic E-state index is 5.06. The molecule has 7 aromatic rings. The highest BCUT2D eigenvalue weighted by Crippen LogP contribution is 2.38. The summed E-state index contributed by atoms with van der Waals surface area (Å²) in [7, 11) is 0. The summed E-state index contributed by atoms with van der Waals surface area (Å²) in [5, 5.41) is 2.33. The highest BCUT2D eigenvalue weighted by Gasteiger charge is 2.20. The van der Waals surface area contributed by atoms with E-state index >= 15 is 0 Å². The predicted octanol–water partition coefficient (Wildman–Crippen LogP) is 8.28. The Morgan fingerprint density at radius 1 is 0.474 bits per heavy atom. The fourth-order valence-electron chi connectivity index (χ4n) is 5.09. The smallest absolute Gasteiger partial charge is 0.238 e. The van der Waals surface area contributed by atoms with Gasteiger partial charge in [0.05, 0.1) is 11.0 Å². The van der Waals surface area contributed by atoms with Crippen molar-refractivity contribution >= 4 is 21.8 Å². The summed E-state index contributed by atoms with van der Waals surface area (Å²) in [6.07, 6.45) is 0. The molecule has 0 atom stereocenters. The summed E-state index contributed by atoms with van der Waals surface area (Å²) in [5.74, 6) is 1.89. The molecule has 0 saturated carbocycles. The normalized spacial score (nSPS) is 11.3. The van der Waals surface area contributed by atoms with E-state index in [1.54, 1.807) is 0 Å². The lowest BCUT2D eigenvalue weighted by atomic mass is 10.0. The van der Waals surface area contributed by atoms with E-state index in [9.17, 15) is 0 Å². The van der Waals surface area contributed by atoms with Gasteiger partial charge in [-0.25, -0.2) is 4.98 Å². The molecule has 5 aromatic carbocycles. The zero-order chi connectivity index (χ0) is 25.5. The molecule has 0 spiro atoms. The van der Waals surface area contributed by atoms with E-state index < -0.39 is 0 Å². The SMILES string of the molecule is Cc1ccc(-c2cccc3c4ccccc4n(-c4nc(-c5ccccc5)nc(-c5ccccc5)n4)c23)cc1. The van der Waals surface area contributed by atoms with Crippen molar-refractivity contribution in [2.45, 2.75) is 6.92 Å². The lowest BCUT2D eigenvalue weighted by molar-refractivity contribution is 0.954. The minimum atomic E-state index is 0.600. The van der Waals surface area contributed by atoms with E-state index in [0.717, 1.165) is 33.3 Å². The van der Waals surface area contributed by atoms with Crippen molar-refractivity contribution < 1.29 is 0 Å². The molecule has 2 aromatic heterocycles. The monoisotopic (exact) mass is 488 g/mol. The lowest BCUT2D eigenvalue weighted by Crippen LogP contribution is -2.06. The average Bonchev–Trinajstić information content (AvgIpc) is 3.33. The summed E-state index contributed by atoms with van der Waals surface area (Å²) in [6, 6.07) is 43.9. The fraction of sp³-hybridized carbons (Fsp3) is 0.0294. The third-order valence-electron chi connectivity index (χ3n) is 6.94. The number of aromatic nitrogens is 4. The molecule has 0 N–H and O–H groups in total. The molecule has 2 heterocycles. The van der Waals surface area contributed by atoms with Gasteiger partial charge in [0.25, 0.3) is 0 Å². The Morgan fingerprint density at radius 2 is 1.05 bits per heavy atom. The molecule has 0 amide bonds. The van der Waals surface area contributed by atoms with Gasteiger partial charge in [0, 0.05) is 27.5 Å². The van der Waals surface area contributed by atoms with Crippen LogP contribution in [0.1, 0.15) is 5.56 Å². The third-order valence-corrected chi connectivity index (χ3v) is 6.94. The van der Waals surface area contributed by atoms with E-state index in [2.05, 4.69) is 78.2 Å². The number of rotatable bonds is 4. The molecule has 0 bridgehead atoms. The second-order valence-corrected chi connectivity index (χ2v) is 9.43. The summed E-state index contributed by atoms with van der Waals surface area (Å²) in [4.78, 5) is 15.0. The zero-order valence-corrected chi connectivity index (χ0v) is 20.9. The molecule has 4 nitrogen and oxygen atoms in total. The van der Waals surface area contributed by atoms with Gasteiger partial charge in [-0.3, -0.25) is 4.57 Å². The van der Waals surface area contributed by atoms with E-state index in [1.807, 2.05) is 60.7 Å². The van der Waals surface area contributed by atoms with Gasteiger partial charge in [0.15, 0.2) is 11.6 Å². The van der Waals surface area contributed by atoms with Gasteiger partial charge in [-0.2, -0.15) is 9.97 Å². The van der Waals surface area contributed by atoms with Crippen LogP contribution in [0.2, 0.25) is 0 Å². The van der Waals surface area contributed by atoms with Crippen LogP contribution in [0.4, 0.5) is 0 Å². The van der Waals surface area contributed by atoms with Crippen LogP contribution >= 0.6 is 0 Å². The predicted molar refractivity (Wildman–Crippen MR) is 155 cm³/mol. The Morgan fingerprint density at radius 3 is 1.71 bits per heavy atom. The molecule has 0 radical (unpaired) electrons. The molecule has 7 rings (SSSR count). The van der Waals surface area contributed by atoms with Crippen molar-refractivity contribution in [2.75, 3.05) is 0 Å². The first-order chi connectivity index (χ1) is 18.8. The summed E-state index contributed by atoms with van der Waals surface area (Å²) < 4.78 is 2.19. The van der Waals surface area contributed by atoms with Crippen LogP contribution in [0.3, 0.4) is 0 Å². The Balaban J connectivity index is 1.59. The highest BCUT2D eigenvalue weighted by molar-refractivity contribution is 6.13. The van der Waals surface area contributed by atoms with Crippen LogP contribution in [-0.4, -0.2) is 19.5 Å². The minimum absolute atomic E-state index is 0.600. The van der Waals surface area contributed by atoms with Crippen LogP contribution in [0, 0.1) is 6.92 Å². The highest BCUT2D eigenvalue weighted by atomic mass is 15.2. The van der Waals surface area contributed by atoms with Crippen LogP contribution in [-0.2, 0) is 0 Å². The number of fused-ring (bicyclic) bond motifs is 3. The van der Waals surface area contributed by atoms with Crippen molar-refractivity contribution in [3.8, 4) is 39.9 Å². The second-order valence-electron chi connectivity index (χ2n) is 9.43. The average molecular weight is 489 g/mol. The molecule has 180 valence electrons. The van der Waals surface area contributed by atoms with Gasteiger partial charge in [0.2, 0.25) is 5.95 Å². The molecule has 0 fully saturated rings. The van der Waals surface area contributed by atoms with Crippen molar-refractivity contribution in [2.24, 2.45) is 0 Å². The quantitative estimate of drug-likeness (QED) is 0.250. The Bertz CT molecular complexity index is 1850. The maximum Gasteiger partial charge on any atom is 0.238 e. The summed E-state index contributed by atoms with van der Waals surface area (Å²) >= 11 is 0. The summed E-state index contributed by atoms with van der Waals surface area (Å²) in [5.41, 5.74) is 7.58. The van der Waals surface area contributed by atoms with E-state index in [1.165, 1.54) is 16.3 Å². The van der Waals surface area contributed by atoms with E-state index in [-0.39, 0.29) is 0 Å². The van der Waals surface area contributed by atoms with Gasteiger partial charge in [0.1, 0.15) is 0 Å². The molecule has 0 unspecified atom stereocenters. The molecule has 0 saturated heterocycles. The van der Waals surface area contributed by atoms with Gasteiger partial charge in [-0.1, -0.05) is 127 Å². The van der Waals surface area contributed by atoms with Crippen molar-refractivity contribution in [1.29, 1.82) is 0 Å². The van der Waals surface area contributed by atoms with E-state index in [0.29, 0.717) is 17.6 Å². The number of para-hydroxylation sites is 2. The zero-order valence-electron chi connectivity index (χ0n) is 20.9. The third kappa shape index (κ3) is 3.75. The minimum Gasteiger partial charge on any atom is -0.277 e. The fourth-order valence-corrected chi connectivity index (χ4v) is 5.09. The van der Waals surface area contributed by atoms with Crippen LogP contribution < -0.4 is 0 Å². The van der Waals surface area contributed by atoms with Gasteiger partial charge in [-0.15, -0.1) is 0 Å². The number of hydrogen-bond donors (Lipinski definition) is 0. The van der Waals surface area contributed by atoms with Crippen LogP contribution in [0.25, 0.3) is 61.7 Å². The molecular weight excluding hydrogens is 464 g/mol. The topological polar surface area (TPSA) is 43.6 Å². The van der Waals surface area contributed by atoms with Crippen LogP contribution in [0.15, 0.2) is 127 Å². The first-order valence-electron chi connectivity index (χ1n) is 12.7. The molecule has 0 aliphatic rings. The van der Waals surface area contributed by atoms with Crippen LogP contribution in [0.5, 0.6) is 0 Å². The first kappa shape index (κ1) is 22.1. The largest absolute Gasteiger partial charge is 0.277 e. The Labute approximate surface area is 220 Å². The van der Waals surface area contributed by atoms with Crippen molar-refractivity contribution in [3.63, 3.8) is 0 Å². The molecule has 4 heteroatoms. The Hall–Kier alpha value is -5.09. The maximum atomic E-state index is 5.06. The molecule has 38 heavy (non-hydrogen) atoms.